The van der Waals surface area contributed by atoms with E-state index in [1.165, 1.54) is 6.08 Å². The van der Waals surface area contributed by atoms with Crippen molar-refractivity contribution in [2.75, 3.05) is 26.0 Å². The van der Waals surface area contributed by atoms with E-state index >= 15 is 0 Å². The van der Waals surface area contributed by atoms with Gasteiger partial charge in [0, 0.05) is 6.08 Å². The lowest BCUT2D eigenvalue weighted by atomic mass is 10.2. The molecule has 0 saturated heterocycles. The maximum atomic E-state index is 12.4. The Morgan fingerprint density at radius 2 is 1.64 bits per heavy atom. The third kappa shape index (κ3) is 9.72. The average Bonchev–Trinajstić information content (AvgIpc) is 2.38. The molecule has 0 spiro atoms. The summed E-state index contributed by atoms with van der Waals surface area (Å²) < 4.78 is 27.7. The molecule has 0 aromatic carbocycles. The van der Waals surface area contributed by atoms with Crippen LogP contribution in [0.2, 0.25) is 0 Å². The number of esters is 1. The molecule has 0 fully saturated rings. The van der Waals surface area contributed by atoms with E-state index in [2.05, 4.69) is 0 Å². The van der Waals surface area contributed by atoms with Crippen LogP contribution in [0.1, 0.15) is 34.6 Å². The number of carbonyl (C=O) groups is 1. The Morgan fingerprint density at radius 1 is 1.05 bits per heavy atom. The molecule has 0 saturated carbocycles. The molecule has 0 aromatic heterocycles. The smallest absolute Gasteiger partial charge is 0.334 e. The van der Waals surface area contributed by atoms with Gasteiger partial charge in [0.15, 0.2) is 0 Å². The van der Waals surface area contributed by atoms with E-state index in [-0.39, 0.29) is 12.1 Å². The zero-order chi connectivity index (χ0) is 17.0. The van der Waals surface area contributed by atoms with E-state index in [9.17, 15) is 9.36 Å². The highest BCUT2D eigenvalue weighted by molar-refractivity contribution is 7.54. The first-order valence-corrected chi connectivity index (χ1v) is 9.16. The summed E-state index contributed by atoms with van der Waals surface area (Å²) in [5, 5.41) is 0. The van der Waals surface area contributed by atoms with E-state index in [0.29, 0.717) is 19.8 Å². The summed E-state index contributed by atoms with van der Waals surface area (Å²) in [5.74, 6) is -0.359. The van der Waals surface area contributed by atoms with Crippen LogP contribution in [0.4, 0.5) is 0 Å². The van der Waals surface area contributed by atoms with Gasteiger partial charge in [0.1, 0.15) is 0 Å². The average molecular weight is 330 g/mol. The fraction of sp³-hybridized carbons (Fsp3) is 0.562. The van der Waals surface area contributed by atoms with Crippen LogP contribution in [-0.2, 0) is 23.1 Å². The molecule has 0 heterocycles. The number of ether oxygens (including phenoxy) is 1. The van der Waals surface area contributed by atoms with E-state index < -0.39 is 7.60 Å². The standard InChI is InChI=1S/C16H27O5P/c1-6-19-16(17)12-14(4)10-9-11-15(5)13-22(18,20-7-2)21-8-3/h9-12H,6-8,13H2,1-5H3/b10-9?,14-12?,15-11+. The maximum absolute atomic E-state index is 12.4. The van der Waals surface area contributed by atoms with Gasteiger partial charge in [-0.2, -0.15) is 0 Å². The summed E-state index contributed by atoms with van der Waals surface area (Å²) >= 11 is 0. The van der Waals surface area contributed by atoms with Crippen molar-refractivity contribution in [2.45, 2.75) is 34.6 Å². The zero-order valence-electron chi connectivity index (χ0n) is 14.1. The van der Waals surface area contributed by atoms with Crippen LogP contribution >= 0.6 is 7.60 Å². The molecule has 0 bridgehead atoms. The van der Waals surface area contributed by atoms with Crippen LogP contribution in [0.5, 0.6) is 0 Å². The highest BCUT2D eigenvalue weighted by Gasteiger charge is 2.23. The lowest BCUT2D eigenvalue weighted by molar-refractivity contribution is -0.137. The summed E-state index contributed by atoms with van der Waals surface area (Å²) in [4.78, 5) is 11.3. The van der Waals surface area contributed by atoms with Crippen molar-refractivity contribution in [3.05, 3.63) is 35.5 Å². The number of hydrogen-bond donors (Lipinski definition) is 0. The van der Waals surface area contributed by atoms with Gasteiger partial charge in [0.05, 0.1) is 26.0 Å². The molecule has 0 aromatic rings. The van der Waals surface area contributed by atoms with Crippen molar-refractivity contribution in [2.24, 2.45) is 0 Å². The molecule has 0 amide bonds. The first-order chi connectivity index (χ1) is 10.4. The van der Waals surface area contributed by atoms with Gasteiger partial charge in [-0.05, 0) is 40.2 Å². The van der Waals surface area contributed by atoms with Crippen LogP contribution in [0, 0.1) is 0 Å². The van der Waals surface area contributed by atoms with Gasteiger partial charge in [-0.1, -0.05) is 23.8 Å². The largest absolute Gasteiger partial charge is 0.463 e. The third-order valence-corrected chi connectivity index (χ3v) is 4.66. The fourth-order valence-electron chi connectivity index (χ4n) is 1.66. The van der Waals surface area contributed by atoms with Crippen molar-refractivity contribution in [1.82, 2.24) is 0 Å². The summed E-state index contributed by atoms with van der Waals surface area (Å²) in [6.07, 6.45) is 7.08. The van der Waals surface area contributed by atoms with Crippen LogP contribution < -0.4 is 0 Å². The topological polar surface area (TPSA) is 61.8 Å². The minimum absolute atomic E-state index is 0.250. The van der Waals surface area contributed by atoms with Crippen LogP contribution in [-0.4, -0.2) is 32.0 Å². The molecule has 6 heteroatoms. The Bertz CT molecular complexity index is 467. The second-order valence-corrected chi connectivity index (χ2v) is 6.67. The van der Waals surface area contributed by atoms with Gasteiger partial charge in [-0.15, -0.1) is 0 Å². The second-order valence-electron chi connectivity index (χ2n) is 4.62. The lowest BCUT2D eigenvalue weighted by Gasteiger charge is -2.16. The predicted octanol–water partition coefficient (Wildman–Crippen LogP) is 4.26. The van der Waals surface area contributed by atoms with E-state index in [0.717, 1.165) is 11.1 Å². The molecule has 126 valence electrons. The summed E-state index contributed by atoms with van der Waals surface area (Å²) in [6.45, 7) is 10.1. The Kier molecular flexibility index (Phi) is 10.8. The molecule has 0 atom stereocenters. The van der Waals surface area contributed by atoms with Crippen LogP contribution in [0.3, 0.4) is 0 Å². The number of carbonyl (C=O) groups excluding carboxylic acids is 1. The molecule has 0 aliphatic carbocycles. The summed E-state index contributed by atoms with van der Waals surface area (Å²) in [6, 6.07) is 0. The quantitative estimate of drug-likeness (QED) is 0.259. The number of hydrogen-bond acceptors (Lipinski definition) is 5. The zero-order valence-corrected chi connectivity index (χ0v) is 15.0. The van der Waals surface area contributed by atoms with Crippen molar-refractivity contribution >= 4 is 13.6 Å². The minimum atomic E-state index is -3.06. The fourth-order valence-corrected chi connectivity index (χ4v) is 3.42. The van der Waals surface area contributed by atoms with Gasteiger partial charge >= 0.3 is 13.6 Å². The maximum Gasteiger partial charge on any atom is 0.334 e. The summed E-state index contributed by atoms with van der Waals surface area (Å²) in [5.41, 5.74) is 1.66. The van der Waals surface area contributed by atoms with Gasteiger partial charge < -0.3 is 13.8 Å². The molecule has 0 radical (unpaired) electrons. The van der Waals surface area contributed by atoms with E-state index in [1.807, 2.05) is 19.9 Å². The second kappa shape index (κ2) is 11.4. The molecular formula is C16H27O5P. The Labute approximate surface area is 133 Å². The SMILES string of the molecule is CCOC(=O)C=C(C)C=C/C=C(\C)CP(=O)(OCC)OCC. The summed E-state index contributed by atoms with van der Waals surface area (Å²) in [7, 11) is -3.06. The van der Waals surface area contributed by atoms with E-state index in [4.69, 9.17) is 13.8 Å². The molecule has 0 unspecified atom stereocenters. The van der Waals surface area contributed by atoms with Crippen LogP contribution in [0.15, 0.2) is 35.5 Å². The Morgan fingerprint density at radius 3 is 2.14 bits per heavy atom. The first-order valence-electron chi connectivity index (χ1n) is 7.43. The molecule has 0 rings (SSSR count). The molecule has 22 heavy (non-hydrogen) atoms. The van der Waals surface area contributed by atoms with E-state index in [1.54, 1.807) is 32.9 Å². The number of rotatable bonds is 10. The monoisotopic (exact) mass is 330 g/mol. The predicted molar refractivity (Wildman–Crippen MR) is 89.0 cm³/mol. The molecule has 0 aliphatic heterocycles. The van der Waals surface area contributed by atoms with Gasteiger partial charge in [-0.3, -0.25) is 4.57 Å². The van der Waals surface area contributed by atoms with Crippen molar-refractivity contribution in [1.29, 1.82) is 0 Å². The Hall–Kier alpha value is -1.16. The highest BCUT2D eigenvalue weighted by Crippen LogP contribution is 2.49. The first kappa shape index (κ1) is 20.8. The van der Waals surface area contributed by atoms with Crippen molar-refractivity contribution < 1.29 is 23.1 Å². The van der Waals surface area contributed by atoms with Crippen LogP contribution in [0.25, 0.3) is 0 Å². The molecule has 0 aliphatic rings. The van der Waals surface area contributed by atoms with Crippen molar-refractivity contribution in [3.63, 3.8) is 0 Å². The molecule has 5 nitrogen and oxygen atoms in total. The molecular weight excluding hydrogens is 303 g/mol. The minimum Gasteiger partial charge on any atom is -0.463 e. The number of allylic oxidation sites excluding steroid dienone is 5. The lowest BCUT2D eigenvalue weighted by Crippen LogP contribution is -2.01. The highest BCUT2D eigenvalue weighted by atomic mass is 31.2. The Balaban J connectivity index is 4.69. The van der Waals surface area contributed by atoms with Gasteiger partial charge in [0.2, 0.25) is 0 Å². The third-order valence-electron chi connectivity index (χ3n) is 2.47. The van der Waals surface area contributed by atoms with Gasteiger partial charge in [-0.25, -0.2) is 4.79 Å². The van der Waals surface area contributed by atoms with Gasteiger partial charge in [0.25, 0.3) is 0 Å². The molecule has 0 N–H and O–H groups in total. The normalized spacial score (nSPS) is 13.7. The van der Waals surface area contributed by atoms with Crippen molar-refractivity contribution in [3.8, 4) is 0 Å².